The lowest BCUT2D eigenvalue weighted by Gasteiger charge is -2.07. The fourth-order valence-electron chi connectivity index (χ4n) is 1.81. The predicted molar refractivity (Wildman–Crippen MR) is 64.0 cm³/mol. The van der Waals surface area contributed by atoms with Gasteiger partial charge in [0.05, 0.1) is 0 Å². The minimum Gasteiger partial charge on any atom is -0.483 e. The van der Waals surface area contributed by atoms with E-state index in [0.29, 0.717) is 11.7 Å². The third-order valence-corrected chi connectivity index (χ3v) is 2.97. The third-order valence-electron chi connectivity index (χ3n) is 2.97. The smallest absolute Gasteiger partial charge is 0.342 e. The fraction of sp³-hybridized carbons (Fsp3) is 0.308. The molecule has 0 atom stereocenters. The zero-order valence-electron chi connectivity index (χ0n) is 10.4. The van der Waals surface area contributed by atoms with Gasteiger partial charge in [0.1, 0.15) is 17.1 Å². The molecule has 1 aliphatic carbocycles. The minimum atomic E-state index is -1.39. The molecule has 3 rings (SSSR count). The molecule has 1 heterocycles. The number of carboxylic acids is 1. The van der Waals surface area contributed by atoms with E-state index < -0.39 is 17.3 Å². The molecule has 1 aromatic carbocycles. The van der Waals surface area contributed by atoms with Crippen LogP contribution in [0, 0.1) is 5.82 Å². The molecule has 20 heavy (non-hydrogen) atoms. The molecular formula is C13H11FN2O4. The summed E-state index contributed by atoms with van der Waals surface area (Å²) in [4.78, 5) is 15.1. The van der Waals surface area contributed by atoms with E-state index in [9.17, 15) is 9.18 Å². The van der Waals surface area contributed by atoms with E-state index in [1.165, 1.54) is 12.1 Å². The molecule has 2 aromatic rings. The monoisotopic (exact) mass is 278 g/mol. The molecule has 1 fully saturated rings. The minimum absolute atomic E-state index is 0.0660. The molecule has 0 saturated heterocycles. The van der Waals surface area contributed by atoms with Gasteiger partial charge in [-0.1, -0.05) is 11.2 Å². The molecule has 104 valence electrons. The molecule has 1 aromatic heterocycles. The van der Waals surface area contributed by atoms with Crippen molar-refractivity contribution in [3.63, 3.8) is 0 Å². The second kappa shape index (κ2) is 4.92. The van der Waals surface area contributed by atoms with Crippen LogP contribution in [0.5, 0.6) is 5.75 Å². The van der Waals surface area contributed by atoms with Gasteiger partial charge < -0.3 is 14.4 Å². The maximum absolute atomic E-state index is 13.4. The van der Waals surface area contributed by atoms with Gasteiger partial charge in [-0.25, -0.2) is 9.18 Å². The Bertz CT molecular complexity index is 652. The molecule has 0 aliphatic heterocycles. The number of rotatable bonds is 5. The van der Waals surface area contributed by atoms with Crippen LogP contribution < -0.4 is 4.74 Å². The van der Waals surface area contributed by atoms with Crippen molar-refractivity contribution in [1.29, 1.82) is 0 Å². The van der Waals surface area contributed by atoms with E-state index in [1.54, 1.807) is 0 Å². The Labute approximate surface area is 113 Å². The molecule has 7 heteroatoms. The van der Waals surface area contributed by atoms with Crippen LogP contribution in [0.2, 0.25) is 0 Å². The largest absolute Gasteiger partial charge is 0.483 e. The van der Waals surface area contributed by atoms with Gasteiger partial charge >= 0.3 is 5.97 Å². The summed E-state index contributed by atoms with van der Waals surface area (Å²) in [7, 11) is 0. The number of carboxylic acid groups (broad SMARTS) is 1. The number of benzene rings is 1. The van der Waals surface area contributed by atoms with Gasteiger partial charge in [-0.05, 0) is 25.0 Å². The third kappa shape index (κ3) is 2.47. The Morgan fingerprint density at radius 1 is 1.50 bits per heavy atom. The van der Waals surface area contributed by atoms with Crippen LogP contribution in [0.25, 0.3) is 0 Å². The first-order valence-electron chi connectivity index (χ1n) is 6.12. The lowest BCUT2D eigenvalue weighted by atomic mass is 10.2. The van der Waals surface area contributed by atoms with E-state index in [0.717, 1.165) is 18.9 Å². The van der Waals surface area contributed by atoms with Gasteiger partial charge in [-0.2, -0.15) is 4.98 Å². The Balaban J connectivity index is 1.74. The quantitative estimate of drug-likeness (QED) is 0.903. The van der Waals surface area contributed by atoms with Crippen molar-refractivity contribution in [2.75, 3.05) is 0 Å². The summed E-state index contributed by atoms with van der Waals surface area (Å²) in [5, 5.41) is 12.8. The average Bonchev–Trinajstić information content (AvgIpc) is 3.15. The Kier molecular flexibility index (Phi) is 3.09. The van der Waals surface area contributed by atoms with Crippen molar-refractivity contribution in [2.45, 2.75) is 25.4 Å². The lowest BCUT2D eigenvalue weighted by molar-refractivity contribution is 0.0685. The highest BCUT2D eigenvalue weighted by Crippen LogP contribution is 2.38. The van der Waals surface area contributed by atoms with Crippen molar-refractivity contribution >= 4 is 5.97 Å². The van der Waals surface area contributed by atoms with Crippen LogP contribution in [0.1, 0.15) is 40.8 Å². The van der Waals surface area contributed by atoms with Crippen molar-refractivity contribution in [2.24, 2.45) is 0 Å². The van der Waals surface area contributed by atoms with Gasteiger partial charge in [0.15, 0.2) is 12.4 Å². The van der Waals surface area contributed by atoms with Crippen LogP contribution in [0.4, 0.5) is 4.39 Å². The van der Waals surface area contributed by atoms with Crippen LogP contribution in [0.3, 0.4) is 0 Å². The van der Waals surface area contributed by atoms with Crippen molar-refractivity contribution < 1.29 is 23.6 Å². The molecule has 0 spiro atoms. The van der Waals surface area contributed by atoms with Gasteiger partial charge in [0, 0.05) is 5.92 Å². The highest BCUT2D eigenvalue weighted by atomic mass is 19.1. The number of halogens is 1. The first kappa shape index (κ1) is 12.6. The summed E-state index contributed by atoms with van der Waals surface area (Å²) < 4.78 is 23.7. The lowest BCUT2D eigenvalue weighted by Crippen LogP contribution is -2.06. The van der Waals surface area contributed by atoms with Crippen LogP contribution in [-0.4, -0.2) is 21.2 Å². The average molecular weight is 278 g/mol. The molecule has 0 amide bonds. The number of carbonyl (C=O) groups is 1. The van der Waals surface area contributed by atoms with Crippen molar-refractivity contribution in [1.82, 2.24) is 10.1 Å². The number of hydrogen-bond donors (Lipinski definition) is 1. The van der Waals surface area contributed by atoms with Crippen LogP contribution in [0.15, 0.2) is 22.7 Å². The van der Waals surface area contributed by atoms with E-state index >= 15 is 0 Å². The molecule has 6 nitrogen and oxygen atoms in total. The molecule has 0 bridgehead atoms. The standard InChI is InChI=1S/C13H11FN2O4/c14-8-2-1-3-9(11(8)13(17)18)19-6-10-15-12(16-20-10)7-4-5-7/h1-3,7H,4-6H2,(H,17,18). The normalized spacial score (nSPS) is 14.2. The molecular weight excluding hydrogens is 267 g/mol. The number of hydrogen-bond acceptors (Lipinski definition) is 5. The first-order chi connectivity index (χ1) is 9.65. The van der Waals surface area contributed by atoms with Gasteiger partial charge in [-0.15, -0.1) is 0 Å². The Morgan fingerprint density at radius 3 is 3.00 bits per heavy atom. The van der Waals surface area contributed by atoms with E-state index in [1.807, 2.05) is 0 Å². The number of aromatic nitrogens is 2. The zero-order chi connectivity index (χ0) is 14.1. The fourth-order valence-corrected chi connectivity index (χ4v) is 1.81. The molecule has 1 aliphatic rings. The van der Waals surface area contributed by atoms with Crippen molar-refractivity contribution in [3.8, 4) is 5.75 Å². The summed E-state index contributed by atoms with van der Waals surface area (Å²) in [6, 6.07) is 3.82. The second-order valence-corrected chi connectivity index (χ2v) is 4.53. The highest BCUT2D eigenvalue weighted by molar-refractivity contribution is 5.91. The van der Waals surface area contributed by atoms with Gasteiger partial charge in [-0.3, -0.25) is 0 Å². The maximum Gasteiger partial charge on any atom is 0.342 e. The van der Waals surface area contributed by atoms with Gasteiger partial charge in [0.2, 0.25) is 0 Å². The number of aromatic carboxylic acids is 1. The maximum atomic E-state index is 13.4. The van der Waals surface area contributed by atoms with Crippen LogP contribution >= 0.6 is 0 Å². The summed E-state index contributed by atoms with van der Waals surface area (Å²) in [6.45, 7) is -0.0938. The Morgan fingerprint density at radius 2 is 2.30 bits per heavy atom. The molecule has 0 radical (unpaired) electrons. The molecule has 0 unspecified atom stereocenters. The van der Waals surface area contributed by atoms with E-state index in [4.69, 9.17) is 14.4 Å². The zero-order valence-corrected chi connectivity index (χ0v) is 10.4. The van der Waals surface area contributed by atoms with E-state index in [2.05, 4.69) is 10.1 Å². The van der Waals surface area contributed by atoms with Gasteiger partial charge in [0.25, 0.3) is 5.89 Å². The van der Waals surface area contributed by atoms with Crippen molar-refractivity contribution in [3.05, 3.63) is 41.3 Å². The summed E-state index contributed by atoms with van der Waals surface area (Å²) in [6.07, 6.45) is 2.10. The SMILES string of the molecule is O=C(O)c1c(F)cccc1OCc1nc(C2CC2)no1. The second-order valence-electron chi connectivity index (χ2n) is 4.53. The summed E-state index contributed by atoms with van der Waals surface area (Å²) >= 11 is 0. The number of nitrogens with zero attached hydrogens (tertiary/aromatic N) is 2. The number of ether oxygens (including phenoxy) is 1. The molecule has 1 N–H and O–H groups in total. The molecule has 1 saturated carbocycles. The Hall–Kier alpha value is -2.44. The van der Waals surface area contributed by atoms with E-state index in [-0.39, 0.29) is 18.2 Å². The highest BCUT2D eigenvalue weighted by Gasteiger charge is 2.28. The summed E-state index contributed by atoms with van der Waals surface area (Å²) in [5.74, 6) is -1.06. The van der Waals surface area contributed by atoms with Crippen LogP contribution in [-0.2, 0) is 6.61 Å². The summed E-state index contributed by atoms with van der Waals surface area (Å²) in [5.41, 5.74) is -0.505. The topological polar surface area (TPSA) is 85.5 Å². The first-order valence-corrected chi connectivity index (χ1v) is 6.12. The predicted octanol–water partition coefficient (Wildman–Crippen LogP) is 2.36.